The highest BCUT2D eigenvalue weighted by molar-refractivity contribution is 9.10. The quantitative estimate of drug-likeness (QED) is 0.529. The van der Waals surface area contributed by atoms with E-state index in [0.29, 0.717) is 15.2 Å². The smallest absolute Gasteiger partial charge is 0.339 e. The predicted octanol–water partition coefficient (Wildman–Crippen LogP) is 4.89. The second kappa shape index (κ2) is 9.07. The SMILES string of the molecule is Cc1ccccc1NC(=O)Cc1nc(COC(=O)c2ccc(F)cc2Br)cs1. The summed E-state index contributed by atoms with van der Waals surface area (Å²) in [6, 6.07) is 11.3. The number of amides is 1. The number of nitrogens with one attached hydrogen (secondary N) is 1. The third-order valence-electron chi connectivity index (χ3n) is 3.83. The molecule has 0 atom stereocenters. The number of ether oxygens (including phenoxy) is 1. The van der Waals surface area contributed by atoms with Crippen molar-refractivity contribution >= 4 is 44.8 Å². The zero-order valence-corrected chi connectivity index (χ0v) is 17.3. The molecule has 0 saturated carbocycles. The average molecular weight is 463 g/mol. The van der Waals surface area contributed by atoms with Crippen molar-refractivity contribution in [1.82, 2.24) is 4.98 Å². The molecule has 0 radical (unpaired) electrons. The van der Waals surface area contributed by atoms with Gasteiger partial charge in [-0.05, 0) is 52.7 Å². The maximum Gasteiger partial charge on any atom is 0.339 e. The number of nitrogens with zero attached hydrogens (tertiary/aromatic N) is 1. The topological polar surface area (TPSA) is 68.3 Å². The molecule has 28 heavy (non-hydrogen) atoms. The Hall–Kier alpha value is -2.58. The maximum atomic E-state index is 13.1. The van der Waals surface area contributed by atoms with Gasteiger partial charge in [0.05, 0.1) is 17.7 Å². The van der Waals surface area contributed by atoms with Gasteiger partial charge in [0.1, 0.15) is 17.4 Å². The summed E-state index contributed by atoms with van der Waals surface area (Å²) in [4.78, 5) is 28.6. The van der Waals surface area contributed by atoms with Crippen LogP contribution in [0.25, 0.3) is 0 Å². The minimum absolute atomic E-state index is 0.0292. The molecule has 0 aliphatic rings. The van der Waals surface area contributed by atoms with E-state index in [0.717, 1.165) is 11.3 Å². The molecule has 5 nitrogen and oxygen atoms in total. The number of hydrogen-bond acceptors (Lipinski definition) is 5. The number of thiazole rings is 1. The molecular weight excluding hydrogens is 447 g/mol. The lowest BCUT2D eigenvalue weighted by Gasteiger charge is -2.07. The van der Waals surface area contributed by atoms with Crippen LogP contribution in [0.4, 0.5) is 10.1 Å². The highest BCUT2D eigenvalue weighted by Gasteiger charge is 2.14. The van der Waals surface area contributed by atoms with E-state index in [9.17, 15) is 14.0 Å². The van der Waals surface area contributed by atoms with Gasteiger partial charge in [-0.15, -0.1) is 11.3 Å². The monoisotopic (exact) mass is 462 g/mol. The van der Waals surface area contributed by atoms with Gasteiger partial charge in [-0.2, -0.15) is 0 Å². The third-order valence-corrected chi connectivity index (χ3v) is 5.39. The van der Waals surface area contributed by atoms with Crippen molar-refractivity contribution in [3.8, 4) is 0 Å². The van der Waals surface area contributed by atoms with Crippen LogP contribution in [0, 0.1) is 12.7 Å². The normalized spacial score (nSPS) is 10.5. The fourth-order valence-corrected chi connectivity index (χ4v) is 3.70. The highest BCUT2D eigenvalue weighted by Crippen LogP contribution is 2.20. The molecule has 8 heteroatoms. The number of para-hydroxylation sites is 1. The molecule has 1 aromatic heterocycles. The Bertz CT molecular complexity index is 1020. The van der Waals surface area contributed by atoms with Crippen LogP contribution in [0.15, 0.2) is 52.3 Å². The summed E-state index contributed by atoms with van der Waals surface area (Å²) >= 11 is 4.46. The first-order valence-electron chi connectivity index (χ1n) is 8.33. The Morgan fingerprint density at radius 2 is 2.04 bits per heavy atom. The molecule has 0 spiro atoms. The molecule has 0 aliphatic heterocycles. The van der Waals surface area contributed by atoms with Crippen molar-refractivity contribution < 1.29 is 18.7 Å². The zero-order chi connectivity index (χ0) is 20.1. The number of halogens is 2. The summed E-state index contributed by atoms with van der Waals surface area (Å²) in [6.45, 7) is 1.89. The molecule has 0 saturated heterocycles. The maximum absolute atomic E-state index is 13.1. The minimum Gasteiger partial charge on any atom is -0.456 e. The molecule has 1 N–H and O–H groups in total. The number of esters is 1. The molecular formula is C20H16BrFN2O3S. The number of aryl methyl sites for hydroxylation is 1. The summed E-state index contributed by atoms with van der Waals surface area (Å²) in [7, 11) is 0. The molecule has 144 valence electrons. The Labute approximate surface area is 173 Å². The summed E-state index contributed by atoms with van der Waals surface area (Å²) in [5, 5.41) is 5.22. The number of carbonyl (C=O) groups excluding carboxylic acids is 2. The molecule has 3 rings (SSSR count). The molecule has 0 bridgehead atoms. The van der Waals surface area contributed by atoms with Crippen molar-refractivity contribution in [1.29, 1.82) is 0 Å². The summed E-state index contributed by atoms with van der Waals surface area (Å²) in [6.07, 6.45) is 0.135. The van der Waals surface area contributed by atoms with Crippen LogP contribution in [-0.2, 0) is 22.6 Å². The van der Waals surface area contributed by atoms with Gasteiger partial charge >= 0.3 is 5.97 Å². The number of aromatic nitrogens is 1. The molecule has 0 fully saturated rings. The first kappa shape index (κ1) is 20.2. The van der Waals surface area contributed by atoms with Crippen LogP contribution in [0.1, 0.15) is 26.6 Å². The largest absolute Gasteiger partial charge is 0.456 e. The Balaban J connectivity index is 1.54. The molecule has 1 amide bonds. The molecule has 0 unspecified atom stereocenters. The fraction of sp³-hybridized carbons (Fsp3) is 0.150. The van der Waals surface area contributed by atoms with Gasteiger partial charge < -0.3 is 10.1 Å². The van der Waals surface area contributed by atoms with E-state index in [1.54, 1.807) is 5.38 Å². The van der Waals surface area contributed by atoms with Gasteiger partial charge in [0.25, 0.3) is 0 Å². The van der Waals surface area contributed by atoms with Crippen LogP contribution in [0.5, 0.6) is 0 Å². The average Bonchev–Trinajstić information content (AvgIpc) is 3.09. The van der Waals surface area contributed by atoms with Gasteiger partial charge in [0.15, 0.2) is 0 Å². The van der Waals surface area contributed by atoms with Crippen LogP contribution in [0.2, 0.25) is 0 Å². The van der Waals surface area contributed by atoms with E-state index in [1.807, 2.05) is 31.2 Å². The summed E-state index contributed by atoms with van der Waals surface area (Å²) < 4.78 is 18.6. The number of hydrogen-bond donors (Lipinski definition) is 1. The van der Waals surface area contributed by atoms with Crippen molar-refractivity contribution in [3.63, 3.8) is 0 Å². The number of benzene rings is 2. The van der Waals surface area contributed by atoms with Gasteiger partial charge in [-0.3, -0.25) is 4.79 Å². The summed E-state index contributed by atoms with van der Waals surface area (Å²) in [5.74, 6) is -1.20. The van der Waals surface area contributed by atoms with E-state index in [4.69, 9.17) is 4.74 Å². The Morgan fingerprint density at radius 1 is 1.25 bits per heavy atom. The van der Waals surface area contributed by atoms with Crippen LogP contribution in [-0.4, -0.2) is 16.9 Å². The Morgan fingerprint density at radius 3 is 2.79 bits per heavy atom. The predicted molar refractivity (Wildman–Crippen MR) is 109 cm³/mol. The van der Waals surface area contributed by atoms with E-state index in [2.05, 4.69) is 26.2 Å². The Kier molecular flexibility index (Phi) is 6.53. The van der Waals surface area contributed by atoms with Gasteiger partial charge in [0.2, 0.25) is 5.91 Å². The number of carbonyl (C=O) groups is 2. The highest BCUT2D eigenvalue weighted by atomic mass is 79.9. The zero-order valence-electron chi connectivity index (χ0n) is 14.9. The number of anilines is 1. The molecule has 3 aromatic rings. The first-order valence-corrected chi connectivity index (χ1v) is 10.0. The fourth-order valence-electron chi connectivity index (χ4n) is 2.41. The summed E-state index contributed by atoms with van der Waals surface area (Å²) in [5.41, 5.74) is 2.53. The van der Waals surface area contributed by atoms with Crippen LogP contribution >= 0.6 is 27.3 Å². The molecule has 1 heterocycles. The van der Waals surface area contributed by atoms with Gasteiger partial charge in [-0.1, -0.05) is 18.2 Å². The van der Waals surface area contributed by atoms with Crippen molar-refractivity contribution in [3.05, 3.63) is 80.0 Å². The van der Waals surface area contributed by atoms with Crippen molar-refractivity contribution in [2.24, 2.45) is 0 Å². The van der Waals surface area contributed by atoms with Crippen LogP contribution in [0.3, 0.4) is 0 Å². The lowest BCUT2D eigenvalue weighted by atomic mass is 10.2. The molecule has 0 aliphatic carbocycles. The second-order valence-corrected chi connectivity index (χ2v) is 7.77. The van der Waals surface area contributed by atoms with Crippen molar-refractivity contribution in [2.45, 2.75) is 20.0 Å². The minimum atomic E-state index is -0.585. The lowest BCUT2D eigenvalue weighted by molar-refractivity contribution is -0.115. The number of rotatable bonds is 6. The second-order valence-electron chi connectivity index (χ2n) is 5.97. The molecule has 2 aromatic carbocycles. The van der Waals surface area contributed by atoms with Crippen LogP contribution < -0.4 is 5.32 Å². The third kappa shape index (κ3) is 5.24. The van der Waals surface area contributed by atoms with E-state index >= 15 is 0 Å². The van der Waals surface area contributed by atoms with E-state index in [-0.39, 0.29) is 24.5 Å². The van der Waals surface area contributed by atoms with Gasteiger partial charge in [-0.25, -0.2) is 14.2 Å². The van der Waals surface area contributed by atoms with Crippen molar-refractivity contribution in [2.75, 3.05) is 5.32 Å². The first-order chi connectivity index (χ1) is 13.4. The lowest BCUT2D eigenvalue weighted by Crippen LogP contribution is -2.15. The van der Waals surface area contributed by atoms with E-state index < -0.39 is 11.8 Å². The standard InChI is InChI=1S/C20H16BrFN2O3S/c1-12-4-2-3-5-17(12)24-18(25)9-19-23-14(11-28-19)10-27-20(26)15-7-6-13(22)8-16(15)21/h2-8,11H,9-10H2,1H3,(H,24,25). The van der Waals surface area contributed by atoms with E-state index in [1.165, 1.54) is 29.5 Å². The van der Waals surface area contributed by atoms with Gasteiger partial charge in [0, 0.05) is 15.5 Å².